The Hall–Kier alpha value is -1.88. The minimum atomic E-state index is -0.247. The number of carbonyl (C=O) groups excluding carboxylic acids is 1. The molecule has 4 N–H and O–H groups in total. The van der Waals surface area contributed by atoms with E-state index in [1.807, 2.05) is 24.3 Å². The SMILES string of the molecule is N=C(C(=O)NC12CC3CC(CC(C3)C1)C2)c1ccccc1NCCCO. The van der Waals surface area contributed by atoms with Gasteiger partial charge < -0.3 is 15.7 Å². The summed E-state index contributed by atoms with van der Waals surface area (Å²) in [6, 6.07) is 7.47. The van der Waals surface area contributed by atoms with Gasteiger partial charge in [-0.05, 0) is 68.8 Å². The lowest BCUT2D eigenvalue weighted by Gasteiger charge is -2.56. The Labute approximate surface area is 155 Å². The van der Waals surface area contributed by atoms with E-state index in [9.17, 15) is 4.79 Å². The summed E-state index contributed by atoms with van der Waals surface area (Å²) in [4.78, 5) is 12.9. The van der Waals surface area contributed by atoms with Crippen LogP contribution >= 0.6 is 0 Å². The highest BCUT2D eigenvalue weighted by atomic mass is 16.3. The molecule has 4 bridgehead atoms. The van der Waals surface area contributed by atoms with Crippen LogP contribution in [0.5, 0.6) is 0 Å². The fourth-order valence-electron chi connectivity index (χ4n) is 5.85. The van der Waals surface area contributed by atoms with Crippen LogP contribution in [0.1, 0.15) is 50.5 Å². The lowest BCUT2D eigenvalue weighted by atomic mass is 9.53. The molecule has 0 saturated heterocycles. The van der Waals surface area contributed by atoms with Crippen molar-refractivity contribution in [1.29, 1.82) is 5.41 Å². The van der Waals surface area contributed by atoms with Crippen LogP contribution < -0.4 is 10.6 Å². The van der Waals surface area contributed by atoms with E-state index in [1.54, 1.807) is 0 Å². The third kappa shape index (κ3) is 3.37. The van der Waals surface area contributed by atoms with Crippen LogP contribution in [0.4, 0.5) is 5.69 Å². The molecular weight excluding hydrogens is 326 g/mol. The number of benzene rings is 1. The van der Waals surface area contributed by atoms with Gasteiger partial charge in [0, 0.05) is 29.9 Å². The van der Waals surface area contributed by atoms with E-state index < -0.39 is 0 Å². The Kier molecular flexibility index (Phi) is 4.74. The minimum Gasteiger partial charge on any atom is -0.396 e. The Morgan fingerprint density at radius 2 is 1.73 bits per heavy atom. The first-order chi connectivity index (χ1) is 12.6. The van der Waals surface area contributed by atoms with Crippen molar-refractivity contribution in [2.75, 3.05) is 18.5 Å². The van der Waals surface area contributed by atoms with Gasteiger partial charge >= 0.3 is 0 Å². The largest absolute Gasteiger partial charge is 0.396 e. The Bertz CT molecular complexity index is 665. The van der Waals surface area contributed by atoms with Crippen molar-refractivity contribution in [2.45, 2.75) is 50.5 Å². The fourth-order valence-corrected chi connectivity index (χ4v) is 5.85. The van der Waals surface area contributed by atoms with Gasteiger partial charge in [-0.2, -0.15) is 0 Å². The number of amides is 1. The molecule has 0 radical (unpaired) electrons. The Balaban J connectivity index is 1.46. The van der Waals surface area contributed by atoms with Gasteiger partial charge in [0.05, 0.1) is 0 Å². The van der Waals surface area contributed by atoms with E-state index in [2.05, 4.69) is 10.6 Å². The van der Waals surface area contributed by atoms with Crippen molar-refractivity contribution in [2.24, 2.45) is 17.8 Å². The molecule has 0 atom stereocenters. The van der Waals surface area contributed by atoms with E-state index in [0.717, 1.165) is 42.7 Å². The van der Waals surface area contributed by atoms with Crippen LogP contribution in [0.15, 0.2) is 24.3 Å². The normalized spacial score (nSPS) is 31.7. The zero-order chi connectivity index (χ0) is 18.1. The summed E-state index contributed by atoms with van der Waals surface area (Å²) >= 11 is 0. The van der Waals surface area contributed by atoms with Gasteiger partial charge in [-0.1, -0.05) is 18.2 Å². The van der Waals surface area contributed by atoms with Gasteiger partial charge in [0.15, 0.2) is 0 Å². The first kappa shape index (κ1) is 17.5. The molecule has 1 aromatic carbocycles. The maximum atomic E-state index is 12.9. The van der Waals surface area contributed by atoms with Gasteiger partial charge in [0.25, 0.3) is 5.91 Å². The van der Waals surface area contributed by atoms with Gasteiger partial charge in [-0.15, -0.1) is 0 Å². The summed E-state index contributed by atoms with van der Waals surface area (Å²) < 4.78 is 0. The number of nitrogens with one attached hydrogen (secondary N) is 3. The molecule has 4 aliphatic carbocycles. The lowest BCUT2D eigenvalue weighted by molar-refractivity contribution is -0.120. The molecule has 4 saturated carbocycles. The van der Waals surface area contributed by atoms with Crippen LogP contribution in [0.2, 0.25) is 0 Å². The molecular formula is C21H29N3O2. The number of aliphatic hydroxyl groups excluding tert-OH is 1. The Morgan fingerprint density at radius 1 is 1.12 bits per heavy atom. The predicted octanol–water partition coefficient (Wildman–Crippen LogP) is 2.93. The third-order valence-electron chi connectivity index (χ3n) is 6.49. The maximum Gasteiger partial charge on any atom is 0.270 e. The molecule has 0 aliphatic heterocycles. The highest BCUT2D eigenvalue weighted by molar-refractivity contribution is 6.45. The number of hydrogen-bond acceptors (Lipinski definition) is 4. The molecule has 140 valence electrons. The van der Waals surface area contributed by atoms with Crippen molar-refractivity contribution in [1.82, 2.24) is 5.32 Å². The van der Waals surface area contributed by atoms with Gasteiger partial charge in [-0.3, -0.25) is 10.2 Å². The number of anilines is 1. The summed E-state index contributed by atoms with van der Waals surface area (Å²) in [7, 11) is 0. The first-order valence-corrected chi connectivity index (χ1v) is 9.94. The van der Waals surface area contributed by atoms with Crippen molar-refractivity contribution in [3.05, 3.63) is 29.8 Å². The molecule has 5 heteroatoms. The second-order valence-corrected chi connectivity index (χ2v) is 8.58. The van der Waals surface area contributed by atoms with E-state index in [0.29, 0.717) is 18.5 Å². The van der Waals surface area contributed by atoms with Gasteiger partial charge in [0.1, 0.15) is 5.71 Å². The molecule has 0 heterocycles. The van der Waals surface area contributed by atoms with Crippen molar-refractivity contribution >= 4 is 17.3 Å². The number of para-hydroxylation sites is 1. The summed E-state index contributed by atoms with van der Waals surface area (Å²) in [5.41, 5.74) is 1.38. The second-order valence-electron chi connectivity index (χ2n) is 8.58. The van der Waals surface area contributed by atoms with Crippen molar-refractivity contribution < 1.29 is 9.90 Å². The highest BCUT2D eigenvalue weighted by Gasteiger charge is 2.51. The molecule has 0 unspecified atom stereocenters. The summed E-state index contributed by atoms with van der Waals surface area (Å²) in [6.07, 6.45) is 7.93. The average molecular weight is 355 g/mol. The molecule has 0 spiro atoms. The summed E-state index contributed by atoms with van der Waals surface area (Å²) in [5.74, 6) is 2.05. The monoisotopic (exact) mass is 355 g/mol. The first-order valence-electron chi connectivity index (χ1n) is 9.94. The molecule has 5 rings (SSSR count). The molecule has 5 nitrogen and oxygen atoms in total. The van der Waals surface area contributed by atoms with Crippen LogP contribution in [0.25, 0.3) is 0 Å². The summed E-state index contributed by atoms with van der Waals surface area (Å²) in [5, 5.41) is 23.9. The van der Waals surface area contributed by atoms with Crippen LogP contribution in [-0.4, -0.2) is 35.4 Å². The van der Waals surface area contributed by atoms with E-state index >= 15 is 0 Å². The maximum absolute atomic E-state index is 12.9. The standard InChI is InChI=1S/C21H29N3O2/c22-19(17-4-1-2-5-18(17)23-6-3-7-25)20(26)24-21-11-14-8-15(12-21)10-16(9-14)13-21/h1-2,4-5,14-16,22-23,25H,3,6-13H2,(H,24,26). The van der Waals surface area contributed by atoms with Crippen LogP contribution in [0, 0.1) is 23.2 Å². The van der Waals surface area contributed by atoms with Crippen molar-refractivity contribution in [3.63, 3.8) is 0 Å². The highest BCUT2D eigenvalue weighted by Crippen LogP contribution is 2.55. The lowest BCUT2D eigenvalue weighted by Crippen LogP contribution is -2.60. The third-order valence-corrected chi connectivity index (χ3v) is 6.49. The number of hydrogen-bond donors (Lipinski definition) is 4. The predicted molar refractivity (Wildman–Crippen MR) is 103 cm³/mol. The fraction of sp³-hybridized carbons (Fsp3) is 0.619. The number of rotatable bonds is 7. The zero-order valence-electron chi connectivity index (χ0n) is 15.3. The van der Waals surface area contributed by atoms with E-state index in [-0.39, 0.29) is 23.8 Å². The number of aliphatic hydroxyl groups is 1. The second kappa shape index (κ2) is 7.03. The Morgan fingerprint density at radius 3 is 2.35 bits per heavy atom. The topological polar surface area (TPSA) is 85.2 Å². The minimum absolute atomic E-state index is 0.0350. The smallest absolute Gasteiger partial charge is 0.270 e. The molecule has 1 amide bonds. The molecule has 1 aromatic rings. The average Bonchev–Trinajstić information content (AvgIpc) is 2.60. The van der Waals surface area contributed by atoms with Crippen LogP contribution in [0.3, 0.4) is 0 Å². The van der Waals surface area contributed by atoms with Crippen LogP contribution in [-0.2, 0) is 4.79 Å². The van der Waals surface area contributed by atoms with E-state index in [4.69, 9.17) is 10.5 Å². The van der Waals surface area contributed by atoms with Crippen molar-refractivity contribution in [3.8, 4) is 0 Å². The molecule has 4 fully saturated rings. The molecule has 0 aromatic heterocycles. The molecule has 26 heavy (non-hydrogen) atoms. The number of carbonyl (C=O) groups is 1. The van der Waals surface area contributed by atoms with Gasteiger partial charge in [-0.25, -0.2) is 0 Å². The molecule has 4 aliphatic rings. The quantitative estimate of drug-likeness (QED) is 0.448. The summed E-state index contributed by atoms with van der Waals surface area (Å²) in [6.45, 7) is 0.747. The van der Waals surface area contributed by atoms with Gasteiger partial charge in [0.2, 0.25) is 0 Å². The zero-order valence-corrected chi connectivity index (χ0v) is 15.3. The van der Waals surface area contributed by atoms with E-state index in [1.165, 1.54) is 19.3 Å².